The fourth-order valence-corrected chi connectivity index (χ4v) is 4.06. The van der Waals surface area contributed by atoms with E-state index in [1.807, 2.05) is 53.7 Å². The summed E-state index contributed by atoms with van der Waals surface area (Å²) in [5.74, 6) is -1.25. The number of aromatic hydroxyl groups is 1. The molecule has 0 saturated carbocycles. The molecule has 0 spiro atoms. The summed E-state index contributed by atoms with van der Waals surface area (Å²) < 4.78 is 0.236. The van der Waals surface area contributed by atoms with Crippen LogP contribution in [-0.2, 0) is 20.4 Å². The van der Waals surface area contributed by atoms with Gasteiger partial charge in [-0.15, -0.1) is 0 Å². The van der Waals surface area contributed by atoms with Crippen LogP contribution in [0.1, 0.15) is 58.2 Å². The van der Waals surface area contributed by atoms with Gasteiger partial charge in [-0.1, -0.05) is 65.5 Å². The lowest BCUT2D eigenvalue weighted by molar-refractivity contribution is -0.140. The van der Waals surface area contributed by atoms with Crippen LogP contribution in [0.15, 0.2) is 17.0 Å². The number of phenolic OH excluding ortho intramolecular Hbond substituents is 1. The maximum absolute atomic E-state index is 12.5. The van der Waals surface area contributed by atoms with Gasteiger partial charge in [-0.2, -0.15) is 0 Å². The molecule has 7 heteroatoms. The van der Waals surface area contributed by atoms with Gasteiger partial charge in [-0.05, 0) is 34.6 Å². The fraction of sp³-hybridized carbons (Fsp3) is 0.450. The summed E-state index contributed by atoms with van der Waals surface area (Å²) in [5.41, 5.74) is 1.80. The van der Waals surface area contributed by atoms with Crippen molar-refractivity contribution in [1.29, 1.82) is 0 Å². The minimum absolute atomic E-state index is 0.236. The number of phenols is 1. The quantitative estimate of drug-likeness (QED) is 0.575. The number of carbonyl (C=O) groups is 2. The zero-order chi connectivity index (χ0) is 20.7. The molecule has 0 atom stereocenters. The van der Waals surface area contributed by atoms with Crippen molar-refractivity contribution in [3.05, 3.63) is 33.7 Å². The number of amides is 1. The Morgan fingerprint density at radius 3 is 2.04 bits per heavy atom. The Kier molecular flexibility index (Phi) is 5.78. The number of benzene rings is 1. The first-order valence-corrected chi connectivity index (χ1v) is 9.79. The number of thioether (sulfide) groups is 1. The molecule has 1 aliphatic heterocycles. The Hall–Kier alpha value is -1.86. The Balaban J connectivity index is 2.56. The SMILES string of the molecule is CC(C)(C)c1cc(/C=C2/SC(=S)N(CC(=O)O)C2=O)cc(C(C)(C)C)c1O. The number of hydrogen-bond acceptors (Lipinski definition) is 5. The van der Waals surface area contributed by atoms with E-state index in [1.165, 1.54) is 0 Å². The first-order valence-electron chi connectivity index (χ1n) is 8.57. The van der Waals surface area contributed by atoms with Gasteiger partial charge < -0.3 is 10.2 Å². The molecule has 2 rings (SSSR count). The second-order valence-electron chi connectivity index (χ2n) is 8.63. The van der Waals surface area contributed by atoms with Crippen molar-refractivity contribution in [2.24, 2.45) is 0 Å². The van der Waals surface area contributed by atoms with E-state index in [-0.39, 0.29) is 20.9 Å². The number of aliphatic carboxylic acids is 1. The van der Waals surface area contributed by atoms with Crippen LogP contribution in [0.3, 0.4) is 0 Å². The molecule has 1 saturated heterocycles. The number of carboxylic acids is 1. The summed E-state index contributed by atoms with van der Waals surface area (Å²) in [6.45, 7) is 11.7. The van der Waals surface area contributed by atoms with E-state index in [4.69, 9.17) is 17.3 Å². The second-order valence-corrected chi connectivity index (χ2v) is 10.3. The lowest BCUT2D eigenvalue weighted by Gasteiger charge is -2.28. The Morgan fingerprint density at radius 1 is 1.15 bits per heavy atom. The van der Waals surface area contributed by atoms with Gasteiger partial charge in [-0.3, -0.25) is 14.5 Å². The van der Waals surface area contributed by atoms with Gasteiger partial charge in [0.25, 0.3) is 5.91 Å². The standard InChI is InChI=1S/C20H25NO4S2/c1-19(2,3)12-7-11(8-13(16(12)24)20(4,5)6)9-14-17(25)21(10-15(22)23)18(26)27-14/h7-9,24H,10H2,1-6H3,(H,22,23)/b14-9+. The molecule has 5 nitrogen and oxygen atoms in total. The van der Waals surface area contributed by atoms with E-state index >= 15 is 0 Å². The highest BCUT2D eigenvalue weighted by molar-refractivity contribution is 8.26. The first-order chi connectivity index (χ1) is 12.2. The van der Waals surface area contributed by atoms with E-state index in [1.54, 1.807) is 6.08 Å². The van der Waals surface area contributed by atoms with Crippen LogP contribution in [-0.4, -0.2) is 37.9 Å². The third-order valence-corrected chi connectivity index (χ3v) is 5.59. The molecule has 1 amide bonds. The first kappa shape index (κ1) is 21.4. The van der Waals surface area contributed by atoms with Gasteiger partial charge in [-0.25, -0.2) is 0 Å². The van der Waals surface area contributed by atoms with E-state index in [9.17, 15) is 14.7 Å². The van der Waals surface area contributed by atoms with Crippen LogP contribution < -0.4 is 0 Å². The minimum Gasteiger partial charge on any atom is -0.507 e. The number of nitrogens with zero attached hydrogens (tertiary/aromatic N) is 1. The molecule has 1 heterocycles. The lowest BCUT2D eigenvalue weighted by atomic mass is 9.78. The summed E-state index contributed by atoms with van der Waals surface area (Å²) in [4.78, 5) is 24.9. The zero-order valence-corrected chi connectivity index (χ0v) is 18.0. The molecule has 146 valence electrons. The lowest BCUT2D eigenvalue weighted by Crippen LogP contribution is -2.33. The summed E-state index contributed by atoms with van der Waals surface area (Å²) in [6.07, 6.45) is 1.71. The predicted molar refractivity (Wildman–Crippen MR) is 113 cm³/mol. The van der Waals surface area contributed by atoms with Crippen LogP contribution in [0, 0.1) is 0 Å². The highest BCUT2D eigenvalue weighted by atomic mass is 32.2. The van der Waals surface area contributed by atoms with Gasteiger partial charge in [0.2, 0.25) is 0 Å². The molecule has 0 bridgehead atoms. The van der Waals surface area contributed by atoms with Gasteiger partial charge in [0, 0.05) is 11.1 Å². The third-order valence-electron chi connectivity index (χ3n) is 4.21. The van der Waals surface area contributed by atoms with Crippen molar-refractivity contribution in [2.75, 3.05) is 6.54 Å². The number of hydrogen-bond donors (Lipinski definition) is 2. The van der Waals surface area contributed by atoms with E-state index in [0.29, 0.717) is 4.91 Å². The van der Waals surface area contributed by atoms with Crippen LogP contribution in [0.2, 0.25) is 0 Å². The number of carboxylic acid groups (broad SMARTS) is 1. The molecule has 1 aromatic carbocycles. The summed E-state index contributed by atoms with van der Waals surface area (Å²) in [6, 6.07) is 3.74. The van der Waals surface area contributed by atoms with Crippen molar-refractivity contribution in [1.82, 2.24) is 4.90 Å². The van der Waals surface area contributed by atoms with Crippen LogP contribution in [0.4, 0.5) is 0 Å². The molecule has 2 N–H and O–H groups in total. The average Bonchev–Trinajstić information content (AvgIpc) is 2.73. The number of thiocarbonyl (C=S) groups is 1. The zero-order valence-electron chi connectivity index (χ0n) is 16.4. The second kappa shape index (κ2) is 7.28. The van der Waals surface area contributed by atoms with Crippen LogP contribution in [0.25, 0.3) is 6.08 Å². The number of rotatable bonds is 3. The summed E-state index contributed by atoms with van der Waals surface area (Å²) >= 11 is 6.24. The molecule has 1 aliphatic rings. The molecule has 1 aromatic rings. The normalized spacial score (nSPS) is 17.1. The van der Waals surface area contributed by atoms with Crippen molar-refractivity contribution < 1.29 is 19.8 Å². The van der Waals surface area contributed by atoms with Crippen molar-refractivity contribution in [3.63, 3.8) is 0 Å². The largest absolute Gasteiger partial charge is 0.507 e. The van der Waals surface area contributed by atoms with E-state index in [0.717, 1.165) is 33.4 Å². The van der Waals surface area contributed by atoms with Crippen LogP contribution in [0.5, 0.6) is 5.75 Å². The monoisotopic (exact) mass is 407 g/mol. The number of carbonyl (C=O) groups excluding carboxylic acids is 1. The fourth-order valence-electron chi connectivity index (χ4n) is 2.81. The van der Waals surface area contributed by atoms with E-state index in [2.05, 4.69) is 0 Å². The Bertz CT molecular complexity index is 810. The van der Waals surface area contributed by atoms with Crippen molar-refractivity contribution >= 4 is 46.3 Å². The molecule has 1 fully saturated rings. The van der Waals surface area contributed by atoms with E-state index < -0.39 is 18.4 Å². The maximum Gasteiger partial charge on any atom is 0.323 e. The molecule has 0 aromatic heterocycles. The van der Waals surface area contributed by atoms with Gasteiger partial charge in [0.1, 0.15) is 16.6 Å². The van der Waals surface area contributed by atoms with Crippen molar-refractivity contribution in [2.45, 2.75) is 52.4 Å². The Labute approximate surface area is 169 Å². The predicted octanol–water partition coefficient (Wildman–Crippen LogP) is 4.27. The molecular weight excluding hydrogens is 382 g/mol. The van der Waals surface area contributed by atoms with Gasteiger partial charge in [0.15, 0.2) is 0 Å². The topological polar surface area (TPSA) is 77.8 Å². The molecule has 0 aliphatic carbocycles. The molecule has 0 unspecified atom stereocenters. The van der Waals surface area contributed by atoms with Gasteiger partial charge in [0.05, 0.1) is 4.91 Å². The smallest absolute Gasteiger partial charge is 0.323 e. The van der Waals surface area contributed by atoms with Crippen LogP contribution >= 0.6 is 24.0 Å². The Morgan fingerprint density at radius 2 is 1.63 bits per heavy atom. The minimum atomic E-state index is -1.11. The van der Waals surface area contributed by atoms with Crippen molar-refractivity contribution in [3.8, 4) is 5.75 Å². The maximum atomic E-state index is 12.5. The highest BCUT2D eigenvalue weighted by Gasteiger charge is 2.34. The highest BCUT2D eigenvalue weighted by Crippen LogP contribution is 2.41. The van der Waals surface area contributed by atoms with Gasteiger partial charge >= 0.3 is 5.97 Å². The molecular formula is C20H25NO4S2. The average molecular weight is 408 g/mol. The molecule has 27 heavy (non-hydrogen) atoms. The third kappa shape index (κ3) is 4.71. The molecule has 0 radical (unpaired) electrons. The summed E-state index contributed by atoms with van der Waals surface area (Å²) in [7, 11) is 0. The summed E-state index contributed by atoms with van der Waals surface area (Å²) in [5, 5.41) is 19.8.